The first-order valence-corrected chi connectivity index (χ1v) is 5.60. The first kappa shape index (κ1) is 11.5. The van der Waals surface area contributed by atoms with Crippen LogP contribution in [0.2, 0.25) is 0 Å². The Balaban J connectivity index is 2.14. The van der Waals surface area contributed by atoms with Crippen molar-refractivity contribution in [1.29, 1.82) is 5.26 Å². The molecule has 0 saturated heterocycles. The molecular weight excluding hydrogens is 174 g/mol. The number of likely N-dealkylation sites (N-methyl/N-ethyl adjacent to an activating group) is 1. The van der Waals surface area contributed by atoms with Crippen LogP contribution >= 0.6 is 0 Å². The second-order valence-electron chi connectivity index (χ2n) is 4.24. The average Bonchev–Trinajstić information content (AvgIpc) is 2.97. The Labute approximate surface area is 87.1 Å². The minimum Gasteiger partial charge on any atom is -0.304 e. The average molecular weight is 195 g/mol. The standard InChI is InChI=1S/C11H21N3/c1-3-4-7-14(2)9-11(8-12)13-10-5-6-10/h10-11,13H,3-7,9H2,1-2H3. The third-order valence-electron chi connectivity index (χ3n) is 2.56. The lowest BCUT2D eigenvalue weighted by molar-refractivity contribution is 0.305. The number of hydrogen-bond acceptors (Lipinski definition) is 3. The molecule has 0 heterocycles. The molecule has 1 aliphatic carbocycles. The van der Waals surface area contributed by atoms with Crippen molar-refractivity contribution in [2.75, 3.05) is 20.1 Å². The normalized spacial score (nSPS) is 18.1. The number of unbranched alkanes of at least 4 members (excludes halogenated alkanes) is 1. The summed E-state index contributed by atoms with van der Waals surface area (Å²) in [5.41, 5.74) is 0. The third kappa shape index (κ3) is 4.59. The summed E-state index contributed by atoms with van der Waals surface area (Å²) < 4.78 is 0. The van der Waals surface area contributed by atoms with Crippen LogP contribution in [0.5, 0.6) is 0 Å². The molecule has 3 nitrogen and oxygen atoms in total. The maximum atomic E-state index is 8.94. The lowest BCUT2D eigenvalue weighted by Gasteiger charge is -2.20. The van der Waals surface area contributed by atoms with Gasteiger partial charge in [0.25, 0.3) is 0 Å². The van der Waals surface area contributed by atoms with Gasteiger partial charge >= 0.3 is 0 Å². The van der Waals surface area contributed by atoms with Crippen molar-refractivity contribution in [2.45, 2.75) is 44.7 Å². The summed E-state index contributed by atoms with van der Waals surface area (Å²) in [4.78, 5) is 2.24. The maximum absolute atomic E-state index is 8.94. The lowest BCUT2D eigenvalue weighted by atomic mass is 10.2. The summed E-state index contributed by atoms with van der Waals surface area (Å²) >= 11 is 0. The van der Waals surface area contributed by atoms with Gasteiger partial charge in [0.1, 0.15) is 6.04 Å². The van der Waals surface area contributed by atoms with Gasteiger partial charge in [-0.25, -0.2) is 0 Å². The van der Waals surface area contributed by atoms with Gasteiger partial charge in [-0.05, 0) is 32.9 Å². The van der Waals surface area contributed by atoms with Crippen LogP contribution in [0.1, 0.15) is 32.6 Å². The minimum absolute atomic E-state index is 0.0179. The van der Waals surface area contributed by atoms with Crippen LogP contribution in [-0.4, -0.2) is 37.1 Å². The lowest BCUT2D eigenvalue weighted by Crippen LogP contribution is -2.39. The van der Waals surface area contributed by atoms with E-state index in [0.29, 0.717) is 6.04 Å². The highest BCUT2D eigenvalue weighted by atomic mass is 15.1. The molecule has 0 aromatic heterocycles. The highest BCUT2D eigenvalue weighted by molar-refractivity contribution is 4.97. The van der Waals surface area contributed by atoms with Crippen LogP contribution in [0.4, 0.5) is 0 Å². The predicted octanol–water partition coefficient (Wildman–Crippen LogP) is 1.36. The summed E-state index contributed by atoms with van der Waals surface area (Å²) in [5, 5.41) is 12.3. The molecule has 0 radical (unpaired) electrons. The molecule has 80 valence electrons. The fourth-order valence-electron chi connectivity index (χ4n) is 1.50. The second kappa shape index (κ2) is 6.00. The number of nitrogens with zero attached hydrogens (tertiary/aromatic N) is 2. The van der Waals surface area contributed by atoms with Gasteiger partial charge in [0.15, 0.2) is 0 Å². The van der Waals surface area contributed by atoms with Gasteiger partial charge in [0, 0.05) is 12.6 Å². The van der Waals surface area contributed by atoms with Crippen molar-refractivity contribution >= 4 is 0 Å². The Morgan fingerprint density at radius 2 is 2.29 bits per heavy atom. The van der Waals surface area contributed by atoms with E-state index in [1.54, 1.807) is 0 Å². The zero-order valence-corrected chi connectivity index (χ0v) is 9.29. The summed E-state index contributed by atoms with van der Waals surface area (Å²) in [6, 6.07) is 2.97. The summed E-state index contributed by atoms with van der Waals surface area (Å²) in [7, 11) is 2.09. The highest BCUT2D eigenvalue weighted by Crippen LogP contribution is 2.19. The Bertz CT molecular complexity index is 193. The molecule has 3 heteroatoms. The fourth-order valence-corrected chi connectivity index (χ4v) is 1.50. The first-order chi connectivity index (χ1) is 6.76. The quantitative estimate of drug-likeness (QED) is 0.666. The molecule has 1 fully saturated rings. The predicted molar refractivity (Wildman–Crippen MR) is 58.0 cm³/mol. The Morgan fingerprint density at radius 1 is 1.57 bits per heavy atom. The van der Waals surface area contributed by atoms with E-state index in [2.05, 4.69) is 30.3 Å². The zero-order valence-electron chi connectivity index (χ0n) is 9.29. The van der Waals surface area contributed by atoms with Crippen molar-refractivity contribution in [1.82, 2.24) is 10.2 Å². The molecule has 1 atom stereocenters. The smallest absolute Gasteiger partial charge is 0.108 e. The van der Waals surface area contributed by atoms with Gasteiger partial charge in [0.05, 0.1) is 6.07 Å². The van der Waals surface area contributed by atoms with E-state index < -0.39 is 0 Å². The minimum atomic E-state index is 0.0179. The van der Waals surface area contributed by atoms with Gasteiger partial charge in [-0.15, -0.1) is 0 Å². The first-order valence-electron chi connectivity index (χ1n) is 5.60. The van der Waals surface area contributed by atoms with Gasteiger partial charge in [-0.3, -0.25) is 5.32 Å². The van der Waals surface area contributed by atoms with E-state index in [-0.39, 0.29) is 6.04 Å². The molecule has 0 aromatic rings. The van der Waals surface area contributed by atoms with Gasteiger partial charge < -0.3 is 4.90 Å². The molecule has 14 heavy (non-hydrogen) atoms. The summed E-state index contributed by atoms with van der Waals surface area (Å²) in [5.74, 6) is 0. The van der Waals surface area contributed by atoms with E-state index in [1.807, 2.05) is 0 Å². The van der Waals surface area contributed by atoms with Crippen molar-refractivity contribution in [3.8, 4) is 6.07 Å². The maximum Gasteiger partial charge on any atom is 0.108 e. The number of nitrogens with one attached hydrogen (secondary N) is 1. The monoisotopic (exact) mass is 195 g/mol. The van der Waals surface area contributed by atoms with Crippen molar-refractivity contribution in [3.63, 3.8) is 0 Å². The van der Waals surface area contributed by atoms with Crippen LogP contribution < -0.4 is 5.32 Å². The molecule has 1 unspecified atom stereocenters. The van der Waals surface area contributed by atoms with Gasteiger partial charge in [0.2, 0.25) is 0 Å². The third-order valence-corrected chi connectivity index (χ3v) is 2.56. The van der Waals surface area contributed by atoms with Gasteiger partial charge in [-0.1, -0.05) is 13.3 Å². The summed E-state index contributed by atoms with van der Waals surface area (Å²) in [6.45, 7) is 4.14. The SMILES string of the molecule is CCCCN(C)CC(C#N)NC1CC1. The number of nitriles is 1. The molecule has 0 bridgehead atoms. The summed E-state index contributed by atoms with van der Waals surface area (Å²) in [6.07, 6.45) is 4.93. The molecule has 0 aliphatic heterocycles. The Kier molecular flexibility index (Phi) is 4.92. The van der Waals surface area contributed by atoms with Crippen LogP contribution in [0.3, 0.4) is 0 Å². The Hall–Kier alpha value is -0.590. The molecule has 0 amide bonds. The number of rotatable bonds is 7. The van der Waals surface area contributed by atoms with Crippen LogP contribution in [0.15, 0.2) is 0 Å². The molecule has 0 spiro atoms. The van der Waals surface area contributed by atoms with Crippen molar-refractivity contribution in [3.05, 3.63) is 0 Å². The van der Waals surface area contributed by atoms with Gasteiger partial charge in [-0.2, -0.15) is 5.26 Å². The molecule has 1 rings (SSSR count). The molecule has 1 saturated carbocycles. The van der Waals surface area contributed by atoms with Crippen molar-refractivity contribution < 1.29 is 0 Å². The molecule has 1 aliphatic rings. The van der Waals surface area contributed by atoms with Crippen LogP contribution in [-0.2, 0) is 0 Å². The fraction of sp³-hybridized carbons (Fsp3) is 0.909. The highest BCUT2D eigenvalue weighted by Gasteiger charge is 2.24. The zero-order chi connectivity index (χ0) is 10.4. The molecular formula is C11H21N3. The molecule has 1 N–H and O–H groups in total. The largest absolute Gasteiger partial charge is 0.304 e. The van der Waals surface area contributed by atoms with E-state index in [9.17, 15) is 0 Å². The van der Waals surface area contributed by atoms with Crippen LogP contribution in [0, 0.1) is 11.3 Å². The Morgan fingerprint density at radius 3 is 2.79 bits per heavy atom. The van der Waals surface area contributed by atoms with E-state index in [0.717, 1.165) is 13.1 Å². The number of hydrogen-bond donors (Lipinski definition) is 1. The van der Waals surface area contributed by atoms with Crippen LogP contribution in [0.25, 0.3) is 0 Å². The topological polar surface area (TPSA) is 39.1 Å². The second-order valence-corrected chi connectivity index (χ2v) is 4.24. The van der Waals surface area contributed by atoms with E-state index >= 15 is 0 Å². The van der Waals surface area contributed by atoms with E-state index in [1.165, 1.54) is 25.7 Å². The molecule has 0 aromatic carbocycles. The van der Waals surface area contributed by atoms with E-state index in [4.69, 9.17) is 5.26 Å². The van der Waals surface area contributed by atoms with Crippen molar-refractivity contribution in [2.24, 2.45) is 0 Å².